The van der Waals surface area contributed by atoms with E-state index < -0.39 is 10.0 Å². The quantitative estimate of drug-likeness (QED) is 0.722. The fraction of sp³-hybridized carbons (Fsp3) is 0.556. The highest BCUT2D eigenvalue weighted by Crippen LogP contribution is 2.22. The van der Waals surface area contributed by atoms with E-state index in [1.807, 2.05) is 12.1 Å². The topological polar surface area (TPSA) is 100 Å². The van der Waals surface area contributed by atoms with Gasteiger partial charge in [-0.05, 0) is 44.0 Å². The van der Waals surface area contributed by atoms with Crippen LogP contribution in [-0.2, 0) is 22.9 Å². The molecule has 1 aromatic heterocycles. The summed E-state index contributed by atoms with van der Waals surface area (Å²) < 4.78 is 32.5. The molecule has 0 spiro atoms. The first-order chi connectivity index (χ1) is 13.0. The van der Waals surface area contributed by atoms with Crippen LogP contribution in [0, 0.1) is 0 Å². The van der Waals surface area contributed by atoms with Gasteiger partial charge in [-0.3, -0.25) is 4.90 Å². The molecule has 1 aliphatic carbocycles. The first kappa shape index (κ1) is 18.5. The van der Waals surface area contributed by atoms with Crippen molar-refractivity contribution in [1.29, 1.82) is 0 Å². The smallest absolute Gasteiger partial charge is 0.240 e. The van der Waals surface area contributed by atoms with Crippen LogP contribution in [0.3, 0.4) is 0 Å². The van der Waals surface area contributed by atoms with E-state index in [9.17, 15) is 8.42 Å². The van der Waals surface area contributed by atoms with Gasteiger partial charge in [-0.25, -0.2) is 13.1 Å². The van der Waals surface area contributed by atoms with Gasteiger partial charge >= 0.3 is 0 Å². The average molecular weight is 391 g/mol. The Morgan fingerprint density at radius 3 is 2.74 bits per heavy atom. The van der Waals surface area contributed by atoms with Crippen molar-refractivity contribution in [3.8, 4) is 0 Å². The van der Waals surface area contributed by atoms with Crippen LogP contribution < -0.4 is 10.0 Å². The number of aryl methyl sites for hydroxylation is 2. The lowest BCUT2D eigenvalue weighted by Crippen LogP contribution is -2.44. The van der Waals surface area contributed by atoms with E-state index in [1.165, 1.54) is 0 Å². The largest absolute Gasteiger partial charge is 0.339 e. The van der Waals surface area contributed by atoms with E-state index in [-0.39, 0.29) is 12.1 Å². The summed E-state index contributed by atoms with van der Waals surface area (Å²) in [6.45, 7) is 2.75. The number of benzene rings is 1. The minimum absolute atomic E-state index is 0.111. The van der Waals surface area contributed by atoms with Gasteiger partial charge in [0, 0.05) is 32.1 Å². The van der Waals surface area contributed by atoms with E-state index >= 15 is 0 Å². The van der Waals surface area contributed by atoms with E-state index in [4.69, 9.17) is 4.52 Å². The maximum Gasteiger partial charge on any atom is 0.240 e. The van der Waals surface area contributed by atoms with Gasteiger partial charge in [0.25, 0.3) is 0 Å². The van der Waals surface area contributed by atoms with Crippen molar-refractivity contribution in [3.05, 3.63) is 41.5 Å². The minimum atomic E-state index is -3.40. The molecule has 27 heavy (non-hydrogen) atoms. The van der Waals surface area contributed by atoms with E-state index in [2.05, 4.69) is 32.1 Å². The van der Waals surface area contributed by atoms with E-state index in [0.717, 1.165) is 44.5 Å². The molecule has 4 rings (SSSR count). The van der Waals surface area contributed by atoms with Crippen molar-refractivity contribution in [2.45, 2.75) is 42.7 Å². The number of hydrogen-bond donors (Lipinski definition) is 2. The first-order valence-electron chi connectivity index (χ1n) is 9.36. The van der Waals surface area contributed by atoms with Crippen LogP contribution in [0.5, 0.6) is 0 Å². The van der Waals surface area contributed by atoms with Crippen molar-refractivity contribution in [1.82, 2.24) is 25.1 Å². The number of nitrogens with one attached hydrogen (secondary N) is 2. The summed E-state index contributed by atoms with van der Waals surface area (Å²) in [6, 6.07) is 7.25. The van der Waals surface area contributed by atoms with E-state index in [1.54, 1.807) is 12.1 Å². The van der Waals surface area contributed by atoms with Crippen molar-refractivity contribution in [3.63, 3.8) is 0 Å². The average Bonchev–Trinajstić information content (AvgIpc) is 3.33. The summed E-state index contributed by atoms with van der Waals surface area (Å²) in [5, 5.41) is 7.47. The highest BCUT2D eigenvalue weighted by molar-refractivity contribution is 7.89. The van der Waals surface area contributed by atoms with Crippen LogP contribution in [0.2, 0.25) is 0 Å². The Hall–Kier alpha value is -1.81. The molecule has 9 heteroatoms. The van der Waals surface area contributed by atoms with Gasteiger partial charge in [0.15, 0.2) is 5.82 Å². The fourth-order valence-corrected chi connectivity index (χ4v) is 4.48. The zero-order valence-corrected chi connectivity index (χ0v) is 16.2. The Bertz CT molecular complexity index is 877. The zero-order chi connectivity index (χ0) is 18.9. The molecule has 2 heterocycles. The molecule has 0 bridgehead atoms. The Labute approximate surface area is 159 Å². The summed E-state index contributed by atoms with van der Waals surface area (Å²) in [6.07, 6.45) is 3.20. The molecular weight excluding hydrogens is 366 g/mol. The summed E-state index contributed by atoms with van der Waals surface area (Å²) in [5.74, 6) is 1.32. The minimum Gasteiger partial charge on any atom is -0.339 e. The standard InChI is InChI=1S/C18H25N5O3S/c1-23-11-10-19-12-16(23)18-20-17(26-21-18)9-4-13-2-7-15(8-3-13)27(24,25)22-14-5-6-14/h2-3,7-8,14,16,19,22H,4-6,9-12H2,1H3. The Kier molecular flexibility index (Phi) is 5.27. The highest BCUT2D eigenvalue weighted by atomic mass is 32.2. The molecule has 1 aromatic carbocycles. The number of nitrogens with zero attached hydrogens (tertiary/aromatic N) is 3. The highest BCUT2D eigenvalue weighted by Gasteiger charge is 2.28. The molecule has 1 unspecified atom stereocenters. The Balaban J connectivity index is 1.35. The maximum absolute atomic E-state index is 12.2. The van der Waals surface area contributed by atoms with Crippen molar-refractivity contribution >= 4 is 10.0 Å². The first-order valence-corrected chi connectivity index (χ1v) is 10.8. The molecular formula is C18H25N5O3S. The molecule has 0 radical (unpaired) electrons. The predicted octanol–water partition coefficient (Wildman–Crippen LogP) is 0.872. The summed E-state index contributed by atoms with van der Waals surface area (Å²) in [7, 11) is -1.33. The summed E-state index contributed by atoms with van der Waals surface area (Å²) in [5.41, 5.74) is 1.04. The predicted molar refractivity (Wildman–Crippen MR) is 99.7 cm³/mol. The van der Waals surface area contributed by atoms with Gasteiger partial charge < -0.3 is 9.84 Å². The number of aromatic nitrogens is 2. The van der Waals surface area contributed by atoms with Gasteiger partial charge in [-0.15, -0.1) is 0 Å². The second-order valence-corrected chi connectivity index (χ2v) is 9.00. The Morgan fingerprint density at radius 2 is 2.04 bits per heavy atom. The lowest BCUT2D eigenvalue weighted by atomic mass is 10.1. The molecule has 8 nitrogen and oxygen atoms in total. The van der Waals surface area contributed by atoms with Gasteiger partial charge in [-0.2, -0.15) is 4.98 Å². The van der Waals surface area contributed by atoms with Gasteiger partial charge in [0.05, 0.1) is 10.9 Å². The second kappa shape index (κ2) is 7.67. The van der Waals surface area contributed by atoms with Crippen LogP contribution >= 0.6 is 0 Å². The van der Waals surface area contributed by atoms with Crippen molar-refractivity contribution in [2.75, 3.05) is 26.7 Å². The molecule has 2 aliphatic rings. The normalized spacial score (nSPS) is 21.4. The number of hydrogen-bond acceptors (Lipinski definition) is 7. The molecule has 1 atom stereocenters. The Morgan fingerprint density at radius 1 is 1.26 bits per heavy atom. The monoisotopic (exact) mass is 391 g/mol. The second-order valence-electron chi connectivity index (χ2n) is 7.29. The maximum atomic E-state index is 12.2. The van der Waals surface area contributed by atoms with Gasteiger partial charge in [0.1, 0.15) is 0 Å². The van der Waals surface area contributed by atoms with Crippen LogP contribution in [0.25, 0.3) is 0 Å². The number of rotatable bonds is 7. The molecule has 1 aliphatic heterocycles. The molecule has 2 fully saturated rings. The van der Waals surface area contributed by atoms with Crippen LogP contribution in [-0.4, -0.2) is 56.2 Å². The third-order valence-corrected chi connectivity index (χ3v) is 6.59. The SMILES string of the molecule is CN1CCNCC1c1noc(CCc2ccc(S(=O)(=O)NC3CC3)cc2)n1. The molecule has 2 N–H and O–H groups in total. The molecule has 146 valence electrons. The fourth-order valence-electron chi connectivity index (χ4n) is 3.17. The summed E-state index contributed by atoms with van der Waals surface area (Å²) in [4.78, 5) is 7.06. The van der Waals surface area contributed by atoms with Crippen molar-refractivity contribution < 1.29 is 12.9 Å². The lowest BCUT2D eigenvalue weighted by Gasteiger charge is -2.30. The van der Waals surface area contributed by atoms with Gasteiger partial charge in [0.2, 0.25) is 15.9 Å². The van der Waals surface area contributed by atoms with Gasteiger partial charge in [-0.1, -0.05) is 17.3 Å². The zero-order valence-electron chi connectivity index (χ0n) is 15.4. The number of likely N-dealkylation sites (N-methyl/N-ethyl adjacent to an activating group) is 1. The number of piperazine rings is 1. The molecule has 1 saturated heterocycles. The summed E-state index contributed by atoms with van der Waals surface area (Å²) >= 11 is 0. The molecule has 2 aromatic rings. The van der Waals surface area contributed by atoms with E-state index in [0.29, 0.717) is 23.0 Å². The van der Waals surface area contributed by atoms with Crippen LogP contribution in [0.1, 0.15) is 36.2 Å². The third-order valence-electron chi connectivity index (χ3n) is 5.05. The van der Waals surface area contributed by atoms with Crippen LogP contribution in [0.15, 0.2) is 33.7 Å². The molecule has 0 amide bonds. The number of sulfonamides is 1. The lowest BCUT2D eigenvalue weighted by molar-refractivity contribution is 0.190. The van der Waals surface area contributed by atoms with Crippen molar-refractivity contribution in [2.24, 2.45) is 0 Å². The third kappa shape index (κ3) is 4.55. The molecule has 1 saturated carbocycles. The van der Waals surface area contributed by atoms with Crippen LogP contribution in [0.4, 0.5) is 0 Å².